The zero-order chi connectivity index (χ0) is 16.3. The van der Waals surface area contributed by atoms with Crippen LogP contribution in [0.4, 0.5) is 0 Å². The third-order valence-corrected chi connectivity index (χ3v) is 6.07. The largest absolute Gasteiger partial charge is 0.461 e. The average Bonchev–Trinajstić information content (AvgIpc) is 3.12. The second-order valence-corrected chi connectivity index (χ2v) is 8.74. The molecule has 3 rings (SSSR count). The molecular formula is C15H22BNO4S. The predicted octanol–water partition coefficient (Wildman–Crippen LogP) is 2.28. The van der Waals surface area contributed by atoms with Gasteiger partial charge in [-0.15, -0.1) is 0 Å². The van der Waals surface area contributed by atoms with E-state index in [0.29, 0.717) is 0 Å². The molecule has 1 aromatic carbocycles. The molecule has 2 aliphatic rings. The van der Waals surface area contributed by atoms with E-state index in [4.69, 9.17) is 14.4 Å². The van der Waals surface area contributed by atoms with E-state index in [2.05, 4.69) is 0 Å². The summed E-state index contributed by atoms with van der Waals surface area (Å²) in [5, 5.41) is 5.32. The van der Waals surface area contributed by atoms with Gasteiger partial charge in [-0.1, -0.05) is 18.2 Å². The molecule has 1 aliphatic heterocycles. The van der Waals surface area contributed by atoms with Crippen LogP contribution in [0, 0.1) is 0 Å². The first kappa shape index (κ1) is 16.0. The Hall–Kier alpha value is -0.885. The SMILES string of the molecule is CC1(C)OB(C2CC2c2ccccc2S(N)(=O)=O)OC1(C)C. The minimum atomic E-state index is -3.71. The van der Waals surface area contributed by atoms with Crippen molar-refractivity contribution in [2.45, 2.75) is 61.9 Å². The molecule has 1 saturated heterocycles. The van der Waals surface area contributed by atoms with E-state index >= 15 is 0 Å². The van der Waals surface area contributed by atoms with E-state index in [9.17, 15) is 8.42 Å². The lowest BCUT2D eigenvalue weighted by molar-refractivity contribution is 0.00578. The molecule has 0 aromatic heterocycles. The highest BCUT2D eigenvalue weighted by atomic mass is 32.2. The summed E-state index contributed by atoms with van der Waals surface area (Å²) < 4.78 is 35.6. The topological polar surface area (TPSA) is 78.6 Å². The highest BCUT2D eigenvalue weighted by molar-refractivity contribution is 7.89. The van der Waals surface area contributed by atoms with Crippen LogP contribution >= 0.6 is 0 Å². The van der Waals surface area contributed by atoms with Crippen LogP contribution in [0.1, 0.15) is 45.6 Å². The summed E-state index contributed by atoms with van der Waals surface area (Å²) in [4.78, 5) is 0.207. The van der Waals surface area contributed by atoms with Gasteiger partial charge in [0.2, 0.25) is 10.0 Å². The minimum absolute atomic E-state index is 0.115. The van der Waals surface area contributed by atoms with E-state index in [0.717, 1.165) is 12.0 Å². The second kappa shape index (κ2) is 4.80. The second-order valence-electron chi connectivity index (χ2n) is 7.21. The molecule has 0 amide bonds. The Balaban J connectivity index is 1.83. The summed E-state index contributed by atoms with van der Waals surface area (Å²) in [7, 11) is -4.02. The van der Waals surface area contributed by atoms with Crippen molar-refractivity contribution < 1.29 is 17.7 Å². The molecule has 5 nitrogen and oxygen atoms in total. The first-order chi connectivity index (χ1) is 10.0. The van der Waals surface area contributed by atoms with Gasteiger partial charge in [0.05, 0.1) is 16.1 Å². The monoisotopic (exact) mass is 323 g/mol. The quantitative estimate of drug-likeness (QED) is 0.866. The molecule has 22 heavy (non-hydrogen) atoms. The van der Waals surface area contributed by atoms with Gasteiger partial charge in [0.1, 0.15) is 0 Å². The molecule has 2 atom stereocenters. The number of nitrogens with two attached hydrogens (primary N) is 1. The van der Waals surface area contributed by atoms with E-state index < -0.39 is 10.0 Å². The summed E-state index contributed by atoms with van der Waals surface area (Å²) in [6.07, 6.45) is 0.851. The highest BCUT2D eigenvalue weighted by Gasteiger charge is 2.60. The van der Waals surface area contributed by atoms with Gasteiger partial charge in [0.25, 0.3) is 0 Å². The van der Waals surface area contributed by atoms with Crippen molar-refractivity contribution in [2.75, 3.05) is 0 Å². The Kier molecular flexibility index (Phi) is 3.49. The molecule has 2 unspecified atom stereocenters. The van der Waals surface area contributed by atoms with Crippen LogP contribution in [0.25, 0.3) is 0 Å². The summed E-state index contributed by atoms with van der Waals surface area (Å²) in [5.41, 5.74) is 0.0267. The normalized spacial score (nSPS) is 29.6. The van der Waals surface area contributed by atoms with Gasteiger partial charge in [-0.3, -0.25) is 0 Å². The highest BCUT2D eigenvalue weighted by Crippen LogP contribution is 2.59. The third-order valence-electron chi connectivity index (χ3n) is 5.09. The molecule has 1 heterocycles. The molecule has 7 heteroatoms. The van der Waals surface area contributed by atoms with Gasteiger partial charge < -0.3 is 9.31 Å². The zero-order valence-electron chi connectivity index (χ0n) is 13.4. The van der Waals surface area contributed by atoms with Crippen LogP contribution < -0.4 is 5.14 Å². The Bertz CT molecular complexity index is 685. The van der Waals surface area contributed by atoms with Crippen molar-refractivity contribution >= 4 is 17.1 Å². The molecule has 2 fully saturated rings. The van der Waals surface area contributed by atoms with E-state index in [-0.39, 0.29) is 35.0 Å². The molecule has 0 bridgehead atoms. The maximum atomic E-state index is 11.7. The van der Waals surface area contributed by atoms with Gasteiger partial charge in [0.15, 0.2) is 0 Å². The Labute approximate surface area is 132 Å². The molecule has 0 radical (unpaired) electrons. The standard InChI is InChI=1S/C15H22BNO4S/c1-14(2)15(3,4)21-16(20-14)12-9-11(12)10-7-5-6-8-13(10)22(17,18)19/h5-8,11-12H,9H2,1-4H3,(H2,17,18,19). The summed E-state index contributed by atoms with van der Waals surface area (Å²) in [6.45, 7) is 8.07. The number of benzene rings is 1. The van der Waals surface area contributed by atoms with Gasteiger partial charge in [-0.25, -0.2) is 13.6 Å². The maximum Gasteiger partial charge on any atom is 0.461 e. The van der Waals surface area contributed by atoms with Crippen molar-refractivity contribution in [3.05, 3.63) is 29.8 Å². The van der Waals surface area contributed by atoms with E-state index in [1.54, 1.807) is 12.1 Å². The van der Waals surface area contributed by atoms with Crippen molar-refractivity contribution in [3.8, 4) is 0 Å². The molecule has 120 valence electrons. The van der Waals surface area contributed by atoms with Crippen LogP contribution in [0.2, 0.25) is 5.82 Å². The van der Waals surface area contributed by atoms with Gasteiger partial charge >= 0.3 is 7.12 Å². The van der Waals surface area contributed by atoms with Gasteiger partial charge in [0, 0.05) is 5.82 Å². The molecule has 0 spiro atoms. The fraction of sp³-hybridized carbons (Fsp3) is 0.600. The minimum Gasteiger partial charge on any atom is -0.403 e. The Morgan fingerprint density at radius 1 is 1.14 bits per heavy atom. The molecule has 2 N–H and O–H groups in total. The third kappa shape index (κ3) is 2.60. The fourth-order valence-corrected chi connectivity index (χ4v) is 3.80. The van der Waals surface area contributed by atoms with Gasteiger partial charge in [-0.2, -0.15) is 0 Å². The summed E-state index contributed by atoms with van der Waals surface area (Å²) >= 11 is 0. The van der Waals surface area contributed by atoms with Crippen LogP contribution in [-0.2, 0) is 19.3 Å². The maximum absolute atomic E-state index is 11.7. The first-order valence-corrected chi connectivity index (χ1v) is 9.05. The first-order valence-electron chi connectivity index (χ1n) is 7.50. The average molecular weight is 323 g/mol. The summed E-state index contributed by atoms with van der Waals surface area (Å²) in [5.74, 6) is 0.285. The number of hydrogen-bond donors (Lipinski definition) is 1. The van der Waals surface area contributed by atoms with Gasteiger partial charge in [-0.05, 0) is 51.7 Å². The van der Waals surface area contributed by atoms with Crippen molar-refractivity contribution in [3.63, 3.8) is 0 Å². The molecule has 1 aromatic rings. The zero-order valence-corrected chi connectivity index (χ0v) is 14.2. The van der Waals surface area contributed by atoms with Crippen molar-refractivity contribution in [1.82, 2.24) is 0 Å². The Morgan fingerprint density at radius 3 is 2.23 bits per heavy atom. The Morgan fingerprint density at radius 2 is 1.68 bits per heavy atom. The van der Waals surface area contributed by atoms with E-state index in [1.807, 2.05) is 39.8 Å². The smallest absolute Gasteiger partial charge is 0.403 e. The number of rotatable bonds is 3. The number of primary sulfonamides is 1. The van der Waals surface area contributed by atoms with Crippen LogP contribution in [0.15, 0.2) is 29.2 Å². The van der Waals surface area contributed by atoms with E-state index in [1.165, 1.54) is 0 Å². The molecular weight excluding hydrogens is 301 g/mol. The number of sulfonamides is 1. The van der Waals surface area contributed by atoms with Crippen molar-refractivity contribution in [2.24, 2.45) is 5.14 Å². The summed E-state index contributed by atoms with van der Waals surface area (Å²) in [6, 6.07) is 6.92. The van der Waals surface area contributed by atoms with Crippen LogP contribution in [-0.4, -0.2) is 26.7 Å². The fourth-order valence-electron chi connectivity index (χ4n) is 2.98. The lowest BCUT2D eigenvalue weighted by atomic mass is 9.79. The molecule has 1 saturated carbocycles. The predicted molar refractivity (Wildman–Crippen MR) is 85.0 cm³/mol. The lowest BCUT2D eigenvalue weighted by Crippen LogP contribution is -2.41. The number of hydrogen-bond acceptors (Lipinski definition) is 4. The molecule has 1 aliphatic carbocycles. The lowest BCUT2D eigenvalue weighted by Gasteiger charge is -2.32. The van der Waals surface area contributed by atoms with Crippen LogP contribution in [0.3, 0.4) is 0 Å². The van der Waals surface area contributed by atoms with Crippen molar-refractivity contribution in [1.29, 1.82) is 0 Å². The van der Waals surface area contributed by atoms with Crippen LogP contribution in [0.5, 0.6) is 0 Å².